The van der Waals surface area contributed by atoms with Gasteiger partial charge in [-0.2, -0.15) is 0 Å². The van der Waals surface area contributed by atoms with Crippen molar-refractivity contribution in [3.8, 4) is 11.5 Å². The summed E-state index contributed by atoms with van der Waals surface area (Å²) in [7, 11) is 3.15. The molecule has 0 saturated carbocycles. The van der Waals surface area contributed by atoms with Crippen LogP contribution in [-0.4, -0.2) is 39.8 Å². The number of hydrogen-bond donors (Lipinski definition) is 1. The first-order valence-electron chi connectivity index (χ1n) is 9.34. The number of hydrogen-bond acceptors (Lipinski definition) is 4. The third-order valence-corrected chi connectivity index (χ3v) is 5.34. The average Bonchev–Trinajstić information content (AvgIpc) is 3.16. The number of nitrogens with zero attached hydrogens (tertiary/aromatic N) is 1. The van der Waals surface area contributed by atoms with Crippen molar-refractivity contribution in [2.75, 3.05) is 38.8 Å². The summed E-state index contributed by atoms with van der Waals surface area (Å²) in [6, 6.07) is 11.8. The van der Waals surface area contributed by atoms with Crippen molar-refractivity contribution in [2.45, 2.75) is 20.3 Å². The summed E-state index contributed by atoms with van der Waals surface area (Å²) in [6.07, 6.45) is 1.08. The zero-order valence-corrected chi connectivity index (χ0v) is 16.5. The fourth-order valence-corrected chi connectivity index (χ4v) is 3.47. The quantitative estimate of drug-likeness (QED) is 0.847. The van der Waals surface area contributed by atoms with Crippen LogP contribution in [0.4, 0.5) is 5.69 Å². The first kappa shape index (κ1) is 19.1. The molecule has 0 radical (unpaired) electrons. The van der Waals surface area contributed by atoms with E-state index in [1.807, 2.05) is 0 Å². The van der Waals surface area contributed by atoms with Gasteiger partial charge in [0.1, 0.15) is 0 Å². The van der Waals surface area contributed by atoms with E-state index in [0.717, 1.165) is 19.5 Å². The number of aryl methyl sites for hydroxylation is 2. The second-order valence-electron chi connectivity index (χ2n) is 7.15. The van der Waals surface area contributed by atoms with Crippen molar-refractivity contribution < 1.29 is 14.3 Å². The summed E-state index contributed by atoms with van der Waals surface area (Å²) in [5, 5.41) is 3.06. The zero-order valence-electron chi connectivity index (χ0n) is 16.5. The van der Waals surface area contributed by atoms with Crippen molar-refractivity contribution in [3.05, 3.63) is 53.1 Å². The Morgan fingerprint density at radius 1 is 1.07 bits per heavy atom. The molecule has 1 aliphatic heterocycles. The molecule has 144 valence electrons. The van der Waals surface area contributed by atoms with E-state index in [1.54, 1.807) is 32.4 Å². The molecule has 5 heteroatoms. The molecule has 1 saturated heterocycles. The SMILES string of the molecule is COc1ccc(C(=O)NCC2CCN(c3ccc(C)c(C)c3)C2)cc1OC. The Labute approximate surface area is 161 Å². The van der Waals surface area contributed by atoms with Crippen molar-refractivity contribution in [2.24, 2.45) is 5.92 Å². The van der Waals surface area contributed by atoms with Crippen molar-refractivity contribution in [3.63, 3.8) is 0 Å². The molecule has 2 aromatic rings. The van der Waals surface area contributed by atoms with Crippen molar-refractivity contribution >= 4 is 11.6 Å². The van der Waals surface area contributed by atoms with Gasteiger partial charge in [0, 0.05) is 30.9 Å². The molecule has 1 N–H and O–H groups in total. The van der Waals surface area contributed by atoms with Crippen LogP contribution in [0.15, 0.2) is 36.4 Å². The lowest BCUT2D eigenvalue weighted by atomic mass is 10.1. The van der Waals surface area contributed by atoms with E-state index in [9.17, 15) is 4.79 Å². The standard InChI is InChI=1S/C22H28N2O3/c1-15-5-7-19(11-16(15)2)24-10-9-17(14-24)13-23-22(25)18-6-8-20(26-3)21(12-18)27-4/h5-8,11-12,17H,9-10,13-14H2,1-4H3,(H,23,25). The van der Waals surface area contributed by atoms with Gasteiger partial charge < -0.3 is 19.7 Å². The lowest BCUT2D eigenvalue weighted by Gasteiger charge is -2.20. The van der Waals surface area contributed by atoms with Crippen LogP contribution in [0.5, 0.6) is 11.5 Å². The number of carbonyl (C=O) groups is 1. The number of benzene rings is 2. The van der Waals surface area contributed by atoms with Gasteiger partial charge >= 0.3 is 0 Å². The molecular formula is C22H28N2O3. The number of carbonyl (C=O) groups excluding carboxylic acids is 1. The fraction of sp³-hybridized carbons (Fsp3) is 0.409. The molecule has 0 aliphatic carbocycles. The molecule has 27 heavy (non-hydrogen) atoms. The van der Waals surface area contributed by atoms with Crippen LogP contribution >= 0.6 is 0 Å². The van der Waals surface area contributed by atoms with E-state index in [-0.39, 0.29) is 5.91 Å². The van der Waals surface area contributed by atoms with Crippen LogP contribution in [0.1, 0.15) is 27.9 Å². The van der Waals surface area contributed by atoms with Crippen molar-refractivity contribution in [1.82, 2.24) is 5.32 Å². The Morgan fingerprint density at radius 2 is 1.85 bits per heavy atom. The fourth-order valence-electron chi connectivity index (χ4n) is 3.47. The van der Waals surface area contributed by atoms with Gasteiger partial charge in [-0.1, -0.05) is 6.07 Å². The van der Waals surface area contributed by atoms with Gasteiger partial charge in [-0.3, -0.25) is 4.79 Å². The van der Waals surface area contributed by atoms with E-state index >= 15 is 0 Å². The summed E-state index contributed by atoms with van der Waals surface area (Å²) in [5.41, 5.74) is 4.48. The first-order valence-corrected chi connectivity index (χ1v) is 9.34. The topological polar surface area (TPSA) is 50.8 Å². The highest BCUT2D eigenvalue weighted by Gasteiger charge is 2.23. The lowest BCUT2D eigenvalue weighted by molar-refractivity contribution is 0.0948. The van der Waals surface area contributed by atoms with Gasteiger partial charge in [-0.15, -0.1) is 0 Å². The normalized spacial score (nSPS) is 16.3. The maximum absolute atomic E-state index is 12.5. The van der Waals surface area contributed by atoms with Crippen LogP contribution in [0, 0.1) is 19.8 Å². The van der Waals surface area contributed by atoms with Crippen LogP contribution < -0.4 is 19.7 Å². The second-order valence-corrected chi connectivity index (χ2v) is 7.15. The van der Waals surface area contributed by atoms with E-state index in [4.69, 9.17) is 9.47 Å². The van der Waals surface area contributed by atoms with E-state index in [0.29, 0.717) is 29.5 Å². The molecule has 1 amide bonds. The highest BCUT2D eigenvalue weighted by molar-refractivity contribution is 5.94. The molecule has 0 aromatic heterocycles. The van der Waals surface area contributed by atoms with Crippen LogP contribution in [0.2, 0.25) is 0 Å². The summed E-state index contributed by atoms with van der Waals surface area (Å²) >= 11 is 0. The minimum atomic E-state index is -0.0828. The molecule has 1 heterocycles. The molecule has 1 fully saturated rings. The summed E-state index contributed by atoms with van der Waals surface area (Å²) in [6.45, 7) is 6.95. The first-order chi connectivity index (χ1) is 13.0. The third-order valence-electron chi connectivity index (χ3n) is 5.34. The summed E-state index contributed by atoms with van der Waals surface area (Å²) in [4.78, 5) is 14.9. The molecule has 5 nitrogen and oxygen atoms in total. The molecule has 0 spiro atoms. The zero-order chi connectivity index (χ0) is 19.4. The largest absolute Gasteiger partial charge is 0.493 e. The Morgan fingerprint density at radius 3 is 2.56 bits per heavy atom. The van der Waals surface area contributed by atoms with Crippen molar-refractivity contribution in [1.29, 1.82) is 0 Å². The number of nitrogens with one attached hydrogen (secondary N) is 1. The predicted octanol–water partition coefficient (Wildman–Crippen LogP) is 3.58. The van der Waals surface area contributed by atoms with E-state index in [2.05, 4.69) is 42.3 Å². The van der Waals surface area contributed by atoms with Gasteiger partial charge in [-0.05, 0) is 67.6 Å². The number of amides is 1. The Hall–Kier alpha value is -2.69. The van der Waals surface area contributed by atoms with Gasteiger partial charge in [0.15, 0.2) is 11.5 Å². The van der Waals surface area contributed by atoms with Crippen LogP contribution in [-0.2, 0) is 0 Å². The number of anilines is 1. The minimum absolute atomic E-state index is 0.0828. The number of ether oxygens (including phenoxy) is 2. The maximum atomic E-state index is 12.5. The van der Waals surface area contributed by atoms with Crippen LogP contribution in [0.25, 0.3) is 0 Å². The minimum Gasteiger partial charge on any atom is -0.493 e. The van der Waals surface area contributed by atoms with Gasteiger partial charge in [-0.25, -0.2) is 0 Å². The molecule has 0 bridgehead atoms. The Bertz CT molecular complexity index is 819. The molecule has 1 unspecified atom stereocenters. The molecule has 2 aromatic carbocycles. The molecule has 1 atom stereocenters. The third kappa shape index (κ3) is 4.35. The summed E-state index contributed by atoms with van der Waals surface area (Å²) in [5.74, 6) is 1.55. The van der Waals surface area contributed by atoms with Gasteiger partial charge in [0.05, 0.1) is 14.2 Å². The number of methoxy groups -OCH3 is 2. The lowest BCUT2D eigenvalue weighted by Crippen LogP contribution is -2.31. The average molecular weight is 368 g/mol. The smallest absolute Gasteiger partial charge is 0.251 e. The van der Waals surface area contributed by atoms with Crippen LogP contribution in [0.3, 0.4) is 0 Å². The molecule has 1 aliphatic rings. The molecular weight excluding hydrogens is 340 g/mol. The number of rotatable bonds is 6. The summed E-state index contributed by atoms with van der Waals surface area (Å²) < 4.78 is 10.5. The second kappa shape index (κ2) is 8.33. The highest BCUT2D eigenvalue weighted by atomic mass is 16.5. The van der Waals surface area contributed by atoms with Gasteiger partial charge in [0.2, 0.25) is 0 Å². The maximum Gasteiger partial charge on any atom is 0.251 e. The monoisotopic (exact) mass is 368 g/mol. The van der Waals surface area contributed by atoms with E-state index < -0.39 is 0 Å². The van der Waals surface area contributed by atoms with Gasteiger partial charge in [0.25, 0.3) is 5.91 Å². The Balaban J connectivity index is 1.56. The Kier molecular flexibility index (Phi) is 5.89. The highest BCUT2D eigenvalue weighted by Crippen LogP contribution is 2.28. The predicted molar refractivity (Wildman–Crippen MR) is 108 cm³/mol. The molecule has 3 rings (SSSR count). The van der Waals surface area contributed by atoms with E-state index in [1.165, 1.54) is 16.8 Å².